The van der Waals surface area contributed by atoms with Crippen LogP contribution in [0.5, 0.6) is 0 Å². The highest BCUT2D eigenvalue weighted by Gasteiger charge is 2.13. The van der Waals surface area contributed by atoms with Crippen LogP contribution < -0.4 is 5.32 Å². The zero-order valence-electron chi connectivity index (χ0n) is 17.0. The molecule has 0 bridgehead atoms. The van der Waals surface area contributed by atoms with Crippen molar-refractivity contribution >= 4 is 17.3 Å². The SMILES string of the molecule is CCNC(=NCCc1nc(C(C)C)no1)N(C)Cc1csc(C(C)OC)n1. The third-order valence-corrected chi connectivity index (χ3v) is 5.01. The van der Waals surface area contributed by atoms with Crippen molar-refractivity contribution in [2.75, 3.05) is 27.2 Å². The van der Waals surface area contributed by atoms with Crippen molar-refractivity contribution in [3.8, 4) is 0 Å². The number of nitrogens with one attached hydrogen (secondary N) is 1. The van der Waals surface area contributed by atoms with E-state index in [1.807, 2.05) is 27.8 Å². The molecule has 2 aromatic heterocycles. The van der Waals surface area contributed by atoms with E-state index in [2.05, 4.69) is 42.6 Å². The lowest BCUT2D eigenvalue weighted by Gasteiger charge is -2.21. The van der Waals surface area contributed by atoms with Crippen LogP contribution >= 0.6 is 11.3 Å². The summed E-state index contributed by atoms with van der Waals surface area (Å²) in [4.78, 5) is 15.8. The quantitative estimate of drug-likeness (QED) is 0.516. The minimum atomic E-state index is 0.0149. The predicted molar refractivity (Wildman–Crippen MR) is 107 cm³/mol. The molecule has 2 rings (SSSR count). The van der Waals surface area contributed by atoms with Crippen LogP contribution in [0.2, 0.25) is 0 Å². The second-order valence-corrected chi connectivity index (χ2v) is 7.49. The first-order valence-electron chi connectivity index (χ1n) is 9.23. The standard InChI is InChI=1S/C18H30N6O2S/c1-7-19-18(20-9-8-15-22-16(12(2)3)23-26-15)24(5)10-14-11-27-17(21-14)13(4)25-6/h11-13H,7-10H2,1-6H3,(H,19,20). The van der Waals surface area contributed by atoms with E-state index in [0.717, 1.165) is 29.0 Å². The Morgan fingerprint density at radius 2 is 2.15 bits per heavy atom. The lowest BCUT2D eigenvalue weighted by atomic mass is 10.2. The normalized spacial score (nSPS) is 13.2. The molecule has 0 amide bonds. The highest BCUT2D eigenvalue weighted by molar-refractivity contribution is 7.09. The first kappa shape index (κ1) is 21.3. The van der Waals surface area contributed by atoms with Gasteiger partial charge in [0, 0.05) is 38.4 Å². The molecular formula is C18H30N6O2S. The molecule has 0 saturated heterocycles. The summed E-state index contributed by atoms with van der Waals surface area (Å²) in [6, 6.07) is 0. The number of nitrogens with zero attached hydrogens (tertiary/aromatic N) is 5. The minimum absolute atomic E-state index is 0.0149. The average molecular weight is 395 g/mol. The van der Waals surface area contributed by atoms with Gasteiger partial charge in [0.1, 0.15) is 11.1 Å². The molecule has 0 spiro atoms. The van der Waals surface area contributed by atoms with E-state index in [4.69, 9.17) is 9.26 Å². The van der Waals surface area contributed by atoms with Gasteiger partial charge < -0.3 is 19.5 Å². The molecule has 1 unspecified atom stereocenters. The van der Waals surface area contributed by atoms with E-state index in [1.165, 1.54) is 0 Å². The zero-order chi connectivity index (χ0) is 19.8. The third kappa shape index (κ3) is 6.28. The molecule has 2 aromatic rings. The number of methoxy groups -OCH3 is 1. The van der Waals surface area contributed by atoms with Gasteiger partial charge in [0.05, 0.1) is 18.8 Å². The van der Waals surface area contributed by atoms with Gasteiger partial charge in [0.15, 0.2) is 11.8 Å². The van der Waals surface area contributed by atoms with Gasteiger partial charge in [-0.2, -0.15) is 4.98 Å². The topological polar surface area (TPSA) is 88.7 Å². The minimum Gasteiger partial charge on any atom is -0.375 e. The molecule has 0 saturated carbocycles. The molecule has 1 N–H and O–H groups in total. The van der Waals surface area contributed by atoms with Crippen LogP contribution in [0.1, 0.15) is 62.1 Å². The van der Waals surface area contributed by atoms with Gasteiger partial charge in [-0.05, 0) is 13.8 Å². The van der Waals surface area contributed by atoms with Crippen molar-refractivity contribution < 1.29 is 9.26 Å². The van der Waals surface area contributed by atoms with Gasteiger partial charge in [-0.15, -0.1) is 11.3 Å². The van der Waals surface area contributed by atoms with E-state index >= 15 is 0 Å². The van der Waals surface area contributed by atoms with Crippen molar-refractivity contribution in [1.82, 2.24) is 25.3 Å². The molecule has 27 heavy (non-hydrogen) atoms. The summed E-state index contributed by atoms with van der Waals surface area (Å²) >= 11 is 1.62. The molecule has 0 fully saturated rings. The van der Waals surface area contributed by atoms with E-state index in [-0.39, 0.29) is 12.0 Å². The fraction of sp³-hybridized carbons (Fsp3) is 0.667. The molecule has 0 aliphatic heterocycles. The molecular weight excluding hydrogens is 364 g/mol. The van der Waals surface area contributed by atoms with E-state index in [0.29, 0.717) is 25.4 Å². The van der Waals surface area contributed by atoms with Crippen LogP contribution in [0, 0.1) is 0 Å². The Balaban J connectivity index is 1.95. The Morgan fingerprint density at radius 3 is 2.78 bits per heavy atom. The van der Waals surface area contributed by atoms with Gasteiger partial charge in [-0.3, -0.25) is 4.99 Å². The predicted octanol–water partition coefficient (Wildman–Crippen LogP) is 3.00. The zero-order valence-corrected chi connectivity index (χ0v) is 17.8. The number of ether oxygens (including phenoxy) is 1. The molecule has 0 aliphatic rings. The number of hydrogen-bond donors (Lipinski definition) is 1. The summed E-state index contributed by atoms with van der Waals surface area (Å²) in [6.07, 6.45) is 0.635. The average Bonchev–Trinajstić information content (AvgIpc) is 3.30. The molecule has 2 heterocycles. The number of hydrogen-bond acceptors (Lipinski definition) is 7. The summed E-state index contributed by atoms with van der Waals surface area (Å²) in [5.41, 5.74) is 1.01. The van der Waals surface area contributed by atoms with Crippen LogP contribution in [0.15, 0.2) is 14.9 Å². The number of guanidine groups is 1. The maximum atomic E-state index is 5.33. The van der Waals surface area contributed by atoms with E-state index in [1.54, 1.807) is 18.4 Å². The molecule has 1 atom stereocenters. The Kier molecular flexibility index (Phi) is 8.18. The maximum absolute atomic E-state index is 5.33. The van der Waals surface area contributed by atoms with Crippen LogP contribution in [-0.2, 0) is 17.7 Å². The van der Waals surface area contributed by atoms with Crippen molar-refractivity contribution in [3.05, 3.63) is 27.8 Å². The molecule has 8 nitrogen and oxygen atoms in total. The maximum Gasteiger partial charge on any atom is 0.228 e. The summed E-state index contributed by atoms with van der Waals surface area (Å²) in [7, 11) is 3.70. The van der Waals surface area contributed by atoms with Crippen LogP contribution in [0.4, 0.5) is 0 Å². The number of thiazole rings is 1. The first-order valence-corrected chi connectivity index (χ1v) is 10.1. The third-order valence-electron chi connectivity index (χ3n) is 3.95. The fourth-order valence-electron chi connectivity index (χ4n) is 2.33. The van der Waals surface area contributed by atoms with Crippen LogP contribution in [-0.4, -0.2) is 53.2 Å². The first-order chi connectivity index (χ1) is 12.9. The second kappa shape index (κ2) is 10.4. The highest BCUT2D eigenvalue weighted by atomic mass is 32.1. The van der Waals surface area contributed by atoms with Gasteiger partial charge in [0.25, 0.3) is 0 Å². The number of aromatic nitrogens is 3. The summed E-state index contributed by atoms with van der Waals surface area (Å²) in [5, 5.41) is 10.4. The Hall–Kier alpha value is -2.00. The van der Waals surface area contributed by atoms with E-state index < -0.39 is 0 Å². The molecule has 0 aliphatic carbocycles. The highest BCUT2D eigenvalue weighted by Crippen LogP contribution is 2.20. The van der Waals surface area contributed by atoms with Crippen molar-refractivity contribution in [2.45, 2.75) is 52.7 Å². The van der Waals surface area contributed by atoms with Crippen molar-refractivity contribution in [3.63, 3.8) is 0 Å². The summed E-state index contributed by atoms with van der Waals surface area (Å²) < 4.78 is 10.6. The van der Waals surface area contributed by atoms with Gasteiger partial charge in [-0.1, -0.05) is 19.0 Å². The number of aliphatic imine (C=N–C) groups is 1. The fourth-order valence-corrected chi connectivity index (χ4v) is 3.17. The van der Waals surface area contributed by atoms with Crippen LogP contribution in [0.3, 0.4) is 0 Å². The Bertz CT molecular complexity index is 727. The molecule has 9 heteroatoms. The van der Waals surface area contributed by atoms with E-state index in [9.17, 15) is 0 Å². The summed E-state index contributed by atoms with van der Waals surface area (Å²) in [5.74, 6) is 2.45. The molecule has 0 aromatic carbocycles. The summed E-state index contributed by atoms with van der Waals surface area (Å²) in [6.45, 7) is 10.2. The lowest BCUT2D eigenvalue weighted by molar-refractivity contribution is 0.119. The monoisotopic (exact) mass is 394 g/mol. The van der Waals surface area contributed by atoms with Gasteiger partial charge in [-0.25, -0.2) is 4.98 Å². The van der Waals surface area contributed by atoms with Crippen molar-refractivity contribution in [1.29, 1.82) is 0 Å². The van der Waals surface area contributed by atoms with Gasteiger partial charge in [0.2, 0.25) is 5.89 Å². The molecule has 0 radical (unpaired) electrons. The second-order valence-electron chi connectivity index (χ2n) is 6.60. The lowest BCUT2D eigenvalue weighted by Crippen LogP contribution is -2.38. The van der Waals surface area contributed by atoms with Gasteiger partial charge >= 0.3 is 0 Å². The Morgan fingerprint density at radius 1 is 1.37 bits per heavy atom. The van der Waals surface area contributed by atoms with Crippen LogP contribution in [0.25, 0.3) is 0 Å². The molecule has 150 valence electrons. The number of rotatable bonds is 9. The smallest absolute Gasteiger partial charge is 0.228 e. The van der Waals surface area contributed by atoms with Crippen molar-refractivity contribution in [2.24, 2.45) is 4.99 Å². The largest absolute Gasteiger partial charge is 0.375 e. The Labute approximate surface area is 165 Å².